The quantitative estimate of drug-likeness (QED) is 0.711. The van der Waals surface area contributed by atoms with Crippen LogP contribution in [0, 0.1) is 6.92 Å². The molecule has 0 unspecified atom stereocenters. The number of morpholine rings is 1. The zero-order valence-electron chi connectivity index (χ0n) is 16.6. The summed E-state index contributed by atoms with van der Waals surface area (Å²) in [5.74, 6) is 0.422. The minimum atomic E-state index is -0.246. The lowest BCUT2D eigenvalue weighted by Crippen LogP contribution is -2.48. The van der Waals surface area contributed by atoms with E-state index in [1.54, 1.807) is 11.5 Å². The van der Waals surface area contributed by atoms with Crippen LogP contribution in [-0.4, -0.2) is 64.0 Å². The summed E-state index contributed by atoms with van der Waals surface area (Å²) >= 11 is 0. The Morgan fingerprint density at radius 3 is 2.68 bits per heavy atom. The molecule has 28 heavy (non-hydrogen) atoms. The third-order valence-corrected chi connectivity index (χ3v) is 5.13. The second-order valence-corrected chi connectivity index (χ2v) is 7.18. The van der Waals surface area contributed by atoms with E-state index < -0.39 is 0 Å². The fourth-order valence-corrected chi connectivity index (χ4v) is 3.40. The Morgan fingerprint density at radius 1 is 1.25 bits per heavy atom. The zero-order valence-corrected chi connectivity index (χ0v) is 16.6. The van der Waals surface area contributed by atoms with Crippen molar-refractivity contribution < 1.29 is 9.53 Å². The highest BCUT2D eigenvalue weighted by atomic mass is 16.5. The first-order valence-electron chi connectivity index (χ1n) is 9.81. The average molecular weight is 387 g/mol. The Hall–Kier alpha value is -2.45. The predicted octanol–water partition coefficient (Wildman–Crippen LogP) is 0.433. The average Bonchev–Trinajstić information content (AvgIpc) is 2.98. The second-order valence-electron chi connectivity index (χ2n) is 7.18. The first-order chi connectivity index (χ1) is 13.5. The number of hydrogen-bond acceptors (Lipinski definition) is 5. The van der Waals surface area contributed by atoms with Crippen molar-refractivity contribution in [3.8, 4) is 0 Å². The number of hydrogen-bond donors (Lipinski definition) is 1. The van der Waals surface area contributed by atoms with Gasteiger partial charge in [-0.25, -0.2) is 9.48 Å². The van der Waals surface area contributed by atoms with Gasteiger partial charge in [0.1, 0.15) is 12.4 Å². The van der Waals surface area contributed by atoms with Crippen LogP contribution in [0.5, 0.6) is 0 Å². The lowest BCUT2D eigenvalue weighted by Gasteiger charge is -2.32. The van der Waals surface area contributed by atoms with E-state index in [4.69, 9.17) is 4.74 Å². The standard InChI is InChI=1S/C20H29N5O3/c1-16(23-10-12-28-13-11-23)14-21-19(26)15-25-20(27)24(17(2)22-25)9-8-18-6-4-3-5-7-18/h3-7,16H,8-15H2,1-2H3,(H,21,26)/t16-/m0/s1. The fraction of sp³-hybridized carbons (Fsp3) is 0.550. The summed E-state index contributed by atoms with van der Waals surface area (Å²) in [6, 6.07) is 10.2. The van der Waals surface area contributed by atoms with Crippen molar-refractivity contribution in [2.24, 2.45) is 0 Å². The molecule has 1 N–H and O–H groups in total. The van der Waals surface area contributed by atoms with Crippen LogP contribution in [0.3, 0.4) is 0 Å². The van der Waals surface area contributed by atoms with Crippen LogP contribution in [0.1, 0.15) is 18.3 Å². The van der Waals surface area contributed by atoms with Crippen LogP contribution < -0.4 is 11.0 Å². The molecule has 0 saturated carbocycles. The highest BCUT2D eigenvalue weighted by molar-refractivity contribution is 5.75. The number of nitrogens with zero attached hydrogens (tertiary/aromatic N) is 4. The minimum absolute atomic E-state index is 0.0617. The number of ether oxygens (including phenoxy) is 1. The molecule has 1 atom stereocenters. The van der Waals surface area contributed by atoms with Crippen molar-refractivity contribution in [1.82, 2.24) is 24.6 Å². The number of rotatable bonds is 8. The molecule has 0 spiro atoms. The number of aryl methyl sites for hydroxylation is 2. The van der Waals surface area contributed by atoms with Crippen LogP contribution in [0.15, 0.2) is 35.1 Å². The summed E-state index contributed by atoms with van der Waals surface area (Å²) in [4.78, 5) is 27.2. The van der Waals surface area contributed by atoms with Gasteiger partial charge in [-0.05, 0) is 25.8 Å². The molecule has 152 valence electrons. The van der Waals surface area contributed by atoms with Crippen molar-refractivity contribution in [3.63, 3.8) is 0 Å². The maximum atomic E-state index is 12.6. The second kappa shape index (κ2) is 9.66. The van der Waals surface area contributed by atoms with E-state index in [2.05, 4.69) is 22.2 Å². The molecule has 1 fully saturated rings. The third-order valence-electron chi connectivity index (χ3n) is 5.13. The lowest BCUT2D eigenvalue weighted by molar-refractivity contribution is -0.122. The van der Waals surface area contributed by atoms with Gasteiger partial charge in [0, 0.05) is 32.2 Å². The molecular weight excluding hydrogens is 358 g/mol. The smallest absolute Gasteiger partial charge is 0.346 e. The van der Waals surface area contributed by atoms with Crippen LogP contribution >= 0.6 is 0 Å². The zero-order chi connectivity index (χ0) is 19.9. The van der Waals surface area contributed by atoms with Crippen molar-refractivity contribution in [2.75, 3.05) is 32.8 Å². The fourth-order valence-electron chi connectivity index (χ4n) is 3.40. The molecule has 1 saturated heterocycles. The van der Waals surface area contributed by atoms with Gasteiger partial charge >= 0.3 is 5.69 Å². The van der Waals surface area contributed by atoms with E-state index in [-0.39, 0.29) is 24.2 Å². The van der Waals surface area contributed by atoms with Gasteiger partial charge in [0.2, 0.25) is 5.91 Å². The first kappa shape index (κ1) is 20.3. The molecule has 1 aliphatic rings. The molecule has 0 aliphatic carbocycles. The van der Waals surface area contributed by atoms with E-state index >= 15 is 0 Å². The molecule has 8 nitrogen and oxygen atoms in total. The summed E-state index contributed by atoms with van der Waals surface area (Å²) in [5, 5.41) is 7.17. The Bertz CT molecular complexity index is 824. The minimum Gasteiger partial charge on any atom is -0.379 e. The van der Waals surface area contributed by atoms with Gasteiger partial charge in [-0.15, -0.1) is 0 Å². The number of amides is 1. The summed E-state index contributed by atoms with van der Waals surface area (Å²) < 4.78 is 8.22. The van der Waals surface area contributed by atoms with E-state index in [0.717, 1.165) is 38.3 Å². The van der Waals surface area contributed by atoms with Crippen LogP contribution in [-0.2, 0) is 29.0 Å². The summed E-state index contributed by atoms with van der Waals surface area (Å²) in [7, 11) is 0. The van der Waals surface area contributed by atoms with Crippen LogP contribution in [0.4, 0.5) is 0 Å². The van der Waals surface area contributed by atoms with Gasteiger partial charge in [0.05, 0.1) is 13.2 Å². The largest absolute Gasteiger partial charge is 0.379 e. The first-order valence-corrected chi connectivity index (χ1v) is 9.81. The van der Waals surface area contributed by atoms with Crippen molar-refractivity contribution in [3.05, 3.63) is 52.2 Å². The van der Waals surface area contributed by atoms with E-state index in [9.17, 15) is 9.59 Å². The summed E-state index contributed by atoms with van der Waals surface area (Å²) in [6.07, 6.45) is 0.747. The number of carbonyl (C=O) groups excluding carboxylic acids is 1. The number of benzene rings is 1. The van der Waals surface area contributed by atoms with Gasteiger partial charge in [0.25, 0.3) is 0 Å². The van der Waals surface area contributed by atoms with Gasteiger partial charge in [-0.1, -0.05) is 30.3 Å². The summed E-state index contributed by atoms with van der Waals surface area (Å²) in [6.45, 7) is 8.12. The topological polar surface area (TPSA) is 81.4 Å². The molecule has 3 rings (SSSR count). The molecule has 2 heterocycles. The van der Waals surface area contributed by atoms with Crippen molar-refractivity contribution in [2.45, 2.75) is 39.4 Å². The normalized spacial score (nSPS) is 16.1. The molecular formula is C20H29N5O3. The number of aromatic nitrogens is 3. The highest BCUT2D eigenvalue weighted by Crippen LogP contribution is 2.03. The number of nitrogens with one attached hydrogen (secondary N) is 1. The number of carbonyl (C=O) groups is 1. The van der Waals surface area contributed by atoms with E-state index in [0.29, 0.717) is 18.9 Å². The van der Waals surface area contributed by atoms with Gasteiger partial charge < -0.3 is 10.1 Å². The Labute approximate surface area is 165 Å². The maximum absolute atomic E-state index is 12.6. The molecule has 2 aromatic rings. The van der Waals surface area contributed by atoms with E-state index in [1.807, 2.05) is 30.3 Å². The van der Waals surface area contributed by atoms with Gasteiger partial charge in [-0.3, -0.25) is 14.3 Å². The molecule has 0 radical (unpaired) electrons. The molecule has 1 aliphatic heterocycles. The van der Waals surface area contributed by atoms with E-state index in [1.165, 1.54) is 4.68 Å². The highest BCUT2D eigenvalue weighted by Gasteiger charge is 2.18. The third kappa shape index (κ3) is 5.30. The maximum Gasteiger partial charge on any atom is 0.346 e. The lowest BCUT2D eigenvalue weighted by atomic mass is 10.1. The molecule has 1 amide bonds. The Balaban J connectivity index is 1.52. The Morgan fingerprint density at radius 2 is 1.96 bits per heavy atom. The van der Waals surface area contributed by atoms with Crippen LogP contribution in [0.2, 0.25) is 0 Å². The molecule has 0 bridgehead atoms. The van der Waals surface area contributed by atoms with Gasteiger partial charge in [0.15, 0.2) is 0 Å². The monoisotopic (exact) mass is 387 g/mol. The molecule has 1 aromatic carbocycles. The predicted molar refractivity (Wildman–Crippen MR) is 106 cm³/mol. The van der Waals surface area contributed by atoms with Crippen LogP contribution in [0.25, 0.3) is 0 Å². The van der Waals surface area contributed by atoms with Crippen molar-refractivity contribution in [1.29, 1.82) is 0 Å². The Kier molecular flexibility index (Phi) is 7.00. The van der Waals surface area contributed by atoms with Crippen molar-refractivity contribution >= 4 is 5.91 Å². The molecule has 1 aromatic heterocycles. The van der Waals surface area contributed by atoms with Gasteiger partial charge in [-0.2, -0.15) is 5.10 Å². The SMILES string of the molecule is Cc1nn(CC(=O)NC[C@H](C)N2CCOCC2)c(=O)n1CCc1ccccc1. The summed E-state index contributed by atoms with van der Waals surface area (Å²) in [5.41, 5.74) is 0.918. The molecule has 8 heteroatoms.